The van der Waals surface area contributed by atoms with Gasteiger partial charge in [0.1, 0.15) is 0 Å². The molecule has 0 bridgehead atoms. The molecular formula is C8H16N2O3. The Balaban J connectivity index is 3.32. The Morgan fingerprint density at radius 3 is 2.54 bits per heavy atom. The number of rotatable bonds is 5. The van der Waals surface area contributed by atoms with Crippen molar-refractivity contribution < 1.29 is 14.3 Å². The number of esters is 1. The van der Waals surface area contributed by atoms with Gasteiger partial charge in [0.2, 0.25) is 0 Å². The zero-order chi connectivity index (χ0) is 10.1. The van der Waals surface area contributed by atoms with Crippen LogP contribution < -0.4 is 10.6 Å². The van der Waals surface area contributed by atoms with Crippen LogP contribution in [0.25, 0.3) is 0 Å². The molecule has 5 nitrogen and oxygen atoms in total. The summed E-state index contributed by atoms with van der Waals surface area (Å²) in [5, 5.41) is 5.54. The van der Waals surface area contributed by atoms with E-state index < -0.39 is 11.9 Å². The minimum absolute atomic E-state index is 0.487. The van der Waals surface area contributed by atoms with Gasteiger partial charge in [-0.05, 0) is 19.5 Å². The molecule has 1 amide bonds. The summed E-state index contributed by atoms with van der Waals surface area (Å²) in [5.74, 6) is -1.53. The highest BCUT2D eigenvalue weighted by atomic mass is 16.5. The molecule has 13 heavy (non-hydrogen) atoms. The van der Waals surface area contributed by atoms with Gasteiger partial charge < -0.3 is 15.4 Å². The fraction of sp³-hybridized carbons (Fsp3) is 0.750. The summed E-state index contributed by atoms with van der Waals surface area (Å²) in [6.07, 6.45) is 0.802. The Bertz CT molecular complexity index is 171. The lowest BCUT2D eigenvalue weighted by molar-refractivity contribution is -0.152. The van der Waals surface area contributed by atoms with Crippen molar-refractivity contribution in [3.05, 3.63) is 0 Å². The van der Waals surface area contributed by atoms with Crippen molar-refractivity contribution in [2.24, 2.45) is 0 Å². The van der Waals surface area contributed by atoms with E-state index in [0.717, 1.165) is 19.5 Å². The molecule has 0 rings (SSSR count). The second kappa shape index (κ2) is 7.54. The van der Waals surface area contributed by atoms with Crippen LogP contribution in [0.2, 0.25) is 0 Å². The summed E-state index contributed by atoms with van der Waals surface area (Å²) in [4.78, 5) is 21.4. The third kappa shape index (κ3) is 6.10. The minimum Gasteiger partial charge on any atom is -0.462 e. The summed E-state index contributed by atoms with van der Waals surface area (Å²) >= 11 is 0. The molecule has 0 fully saturated rings. The van der Waals surface area contributed by atoms with Crippen LogP contribution in [-0.2, 0) is 14.3 Å². The molecule has 0 aromatic rings. The van der Waals surface area contributed by atoms with Crippen LogP contribution in [0.15, 0.2) is 0 Å². The highest BCUT2D eigenvalue weighted by Crippen LogP contribution is 1.77. The Kier molecular flexibility index (Phi) is 6.91. The van der Waals surface area contributed by atoms with Gasteiger partial charge in [0.15, 0.2) is 0 Å². The molecule has 0 unspecified atom stereocenters. The molecule has 0 atom stereocenters. The van der Waals surface area contributed by atoms with Crippen LogP contribution in [0.1, 0.15) is 13.3 Å². The largest absolute Gasteiger partial charge is 0.462 e. The summed E-state index contributed by atoms with van der Waals surface area (Å²) in [5.41, 5.74) is 0. The lowest BCUT2D eigenvalue weighted by atomic mass is 10.4. The summed E-state index contributed by atoms with van der Waals surface area (Å²) in [6.45, 7) is 4.23. The highest BCUT2D eigenvalue weighted by molar-refractivity contribution is 6.32. The first kappa shape index (κ1) is 11.9. The first-order chi connectivity index (χ1) is 6.22. The zero-order valence-electron chi connectivity index (χ0n) is 8.05. The summed E-state index contributed by atoms with van der Waals surface area (Å²) < 4.78 is 4.22. The monoisotopic (exact) mass is 188 g/mol. The molecule has 0 heterocycles. The van der Waals surface area contributed by atoms with Crippen LogP contribution in [0.4, 0.5) is 0 Å². The maximum atomic E-state index is 10.8. The van der Waals surface area contributed by atoms with Crippen LogP contribution in [-0.4, -0.2) is 38.6 Å². The first-order valence-electron chi connectivity index (χ1n) is 4.29. The summed E-state index contributed by atoms with van der Waals surface area (Å²) in [7, 11) is 1.18. The van der Waals surface area contributed by atoms with E-state index in [-0.39, 0.29) is 0 Å². The number of methoxy groups -OCH3 is 1. The standard InChI is InChI=1S/C8H16N2O3/c1-3-9-5-4-6-10-7(11)8(12)13-2/h9H,3-6H2,1-2H3,(H,10,11). The molecule has 0 aromatic carbocycles. The lowest BCUT2D eigenvalue weighted by Gasteiger charge is -2.03. The van der Waals surface area contributed by atoms with Crippen LogP contribution >= 0.6 is 0 Å². The lowest BCUT2D eigenvalue weighted by Crippen LogP contribution is -2.33. The van der Waals surface area contributed by atoms with Gasteiger partial charge in [-0.25, -0.2) is 4.79 Å². The predicted octanol–water partition coefficient (Wildman–Crippen LogP) is -0.725. The van der Waals surface area contributed by atoms with Gasteiger partial charge in [-0.3, -0.25) is 4.79 Å². The zero-order valence-corrected chi connectivity index (χ0v) is 8.05. The van der Waals surface area contributed by atoms with Crippen molar-refractivity contribution in [3.8, 4) is 0 Å². The van der Waals surface area contributed by atoms with Crippen molar-refractivity contribution in [1.82, 2.24) is 10.6 Å². The van der Waals surface area contributed by atoms with Crippen molar-refractivity contribution in [1.29, 1.82) is 0 Å². The third-order valence-corrected chi connectivity index (χ3v) is 1.44. The second-order valence-electron chi connectivity index (χ2n) is 2.45. The average Bonchev–Trinajstić information content (AvgIpc) is 2.16. The molecule has 0 spiro atoms. The van der Waals surface area contributed by atoms with Crippen LogP contribution in [0.5, 0.6) is 0 Å². The molecule has 2 N–H and O–H groups in total. The Morgan fingerprint density at radius 1 is 1.31 bits per heavy atom. The average molecular weight is 188 g/mol. The number of carbonyl (C=O) groups excluding carboxylic acids is 2. The van der Waals surface area contributed by atoms with E-state index in [2.05, 4.69) is 15.4 Å². The molecule has 0 saturated carbocycles. The van der Waals surface area contributed by atoms with Gasteiger partial charge in [0.25, 0.3) is 0 Å². The van der Waals surface area contributed by atoms with Gasteiger partial charge in [0.05, 0.1) is 7.11 Å². The van der Waals surface area contributed by atoms with E-state index in [9.17, 15) is 9.59 Å². The number of nitrogens with one attached hydrogen (secondary N) is 2. The van der Waals surface area contributed by atoms with Gasteiger partial charge in [-0.2, -0.15) is 0 Å². The quantitative estimate of drug-likeness (QED) is 0.339. The van der Waals surface area contributed by atoms with E-state index >= 15 is 0 Å². The Labute approximate surface area is 77.8 Å². The molecule has 0 aromatic heterocycles. The van der Waals surface area contributed by atoms with Crippen molar-refractivity contribution >= 4 is 11.9 Å². The second-order valence-corrected chi connectivity index (χ2v) is 2.45. The molecule has 0 aliphatic carbocycles. The molecule has 76 valence electrons. The van der Waals surface area contributed by atoms with Crippen molar-refractivity contribution in [2.75, 3.05) is 26.7 Å². The number of ether oxygens (including phenoxy) is 1. The smallest absolute Gasteiger partial charge is 0.396 e. The molecule has 0 aliphatic rings. The van der Waals surface area contributed by atoms with E-state index in [1.807, 2.05) is 6.92 Å². The Morgan fingerprint density at radius 2 is 2.00 bits per heavy atom. The van der Waals surface area contributed by atoms with Crippen LogP contribution in [0, 0.1) is 0 Å². The maximum Gasteiger partial charge on any atom is 0.396 e. The van der Waals surface area contributed by atoms with Gasteiger partial charge >= 0.3 is 11.9 Å². The minimum atomic E-state index is -0.844. The number of hydrogen-bond donors (Lipinski definition) is 2. The topological polar surface area (TPSA) is 67.4 Å². The molecule has 0 aliphatic heterocycles. The van der Waals surface area contributed by atoms with Crippen molar-refractivity contribution in [3.63, 3.8) is 0 Å². The fourth-order valence-electron chi connectivity index (χ4n) is 0.757. The molecule has 5 heteroatoms. The van der Waals surface area contributed by atoms with Gasteiger partial charge in [0, 0.05) is 6.54 Å². The van der Waals surface area contributed by atoms with Crippen molar-refractivity contribution in [2.45, 2.75) is 13.3 Å². The molecule has 0 saturated heterocycles. The van der Waals surface area contributed by atoms with Gasteiger partial charge in [-0.1, -0.05) is 6.92 Å². The predicted molar refractivity (Wildman–Crippen MR) is 48.2 cm³/mol. The maximum absolute atomic E-state index is 10.8. The van der Waals surface area contributed by atoms with E-state index in [4.69, 9.17) is 0 Å². The number of carbonyl (C=O) groups is 2. The normalized spacial score (nSPS) is 9.38. The van der Waals surface area contributed by atoms with E-state index in [1.54, 1.807) is 0 Å². The van der Waals surface area contributed by atoms with Crippen LogP contribution in [0.3, 0.4) is 0 Å². The summed E-state index contributed by atoms with van der Waals surface area (Å²) in [6, 6.07) is 0. The number of hydrogen-bond acceptors (Lipinski definition) is 4. The highest BCUT2D eigenvalue weighted by Gasteiger charge is 2.11. The Hall–Kier alpha value is -1.10. The molecular weight excluding hydrogens is 172 g/mol. The first-order valence-corrected chi connectivity index (χ1v) is 4.29. The third-order valence-electron chi connectivity index (χ3n) is 1.44. The van der Waals surface area contributed by atoms with E-state index in [1.165, 1.54) is 7.11 Å². The SMILES string of the molecule is CCNCCCNC(=O)C(=O)OC. The van der Waals surface area contributed by atoms with Gasteiger partial charge in [-0.15, -0.1) is 0 Å². The number of amides is 1. The van der Waals surface area contributed by atoms with E-state index in [0.29, 0.717) is 6.54 Å². The molecule has 0 radical (unpaired) electrons. The fourth-order valence-corrected chi connectivity index (χ4v) is 0.757.